The Balaban J connectivity index is 0.00000180. The van der Waals surface area contributed by atoms with E-state index in [0.29, 0.717) is 13.2 Å². The highest BCUT2D eigenvalue weighted by Gasteiger charge is 2.26. The Morgan fingerprint density at radius 2 is 2.16 bits per heavy atom. The molecule has 1 fully saturated rings. The summed E-state index contributed by atoms with van der Waals surface area (Å²) in [6.07, 6.45) is 0.795. The minimum atomic E-state index is -0.213. The lowest BCUT2D eigenvalue weighted by molar-refractivity contribution is 0.0854. The Bertz CT molecular complexity index is 380. The number of rotatable bonds is 4. The molecule has 4 nitrogen and oxygen atoms in total. The number of carbonyl (C=O) groups excluding carboxylic acids is 1. The number of amides is 1. The van der Waals surface area contributed by atoms with Crippen LogP contribution >= 0.6 is 12.4 Å². The molecule has 0 spiro atoms. The van der Waals surface area contributed by atoms with E-state index in [-0.39, 0.29) is 24.5 Å². The molecule has 0 bridgehead atoms. The van der Waals surface area contributed by atoms with Gasteiger partial charge in [-0.25, -0.2) is 4.79 Å². The van der Waals surface area contributed by atoms with Crippen LogP contribution in [0.5, 0.6) is 0 Å². The normalized spacial score (nSPS) is 17.6. The minimum Gasteiger partial charge on any atom is -0.445 e. The van der Waals surface area contributed by atoms with Gasteiger partial charge in [0.1, 0.15) is 6.61 Å². The summed E-state index contributed by atoms with van der Waals surface area (Å²) in [5, 5.41) is 3.27. The zero-order valence-electron chi connectivity index (χ0n) is 11.2. The fourth-order valence-corrected chi connectivity index (χ4v) is 2.24. The average Bonchev–Trinajstić information content (AvgIpc) is 2.92. The zero-order valence-corrected chi connectivity index (χ0v) is 12.0. The van der Waals surface area contributed by atoms with Crippen LogP contribution in [0.4, 0.5) is 4.79 Å². The van der Waals surface area contributed by atoms with Gasteiger partial charge in [-0.05, 0) is 25.5 Å². The second-order valence-electron chi connectivity index (χ2n) is 4.47. The fraction of sp³-hybridized carbons (Fsp3) is 0.500. The van der Waals surface area contributed by atoms with Crippen LogP contribution in [0.3, 0.4) is 0 Å². The molecule has 2 rings (SSSR count). The van der Waals surface area contributed by atoms with E-state index in [9.17, 15) is 4.79 Å². The van der Waals surface area contributed by atoms with Crippen molar-refractivity contribution >= 4 is 18.5 Å². The molecule has 1 atom stereocenters. The smallest absolute Gasteiger partial charge is 0.410 e. The lowest BCUT2D eigenvalue weighted by atomic mass is 10.2. The minimum absolute atomic E-state index is 0. The van der Waals surface area contributed by atoms with E-state index in [4.69, 9.17) is 4.74 Å². The van der Waals surface area contributed by atoms with Gasteiger partial charge >= 0.3 is 6.09 Å². The van der Waals surface area contributed by atoms with Gasteiger partial charge in [0.2, 0.25) is 0 Å². The molecule has 0 radical (unpaired) electrons. The molecular weight excluding hydrogens is 264 g/mol. The summed E-state index contributed by atoms with van der Waals surface area (Å²) in [5.74, 6) is 0. The van der Waals surface area contributed by atoms with Gasteiger partial charge in [-0.2, -0.15) is 0 Å². The number of carbonyl (C=O) groups is 1. The Kier molecular flexibility index (Phi) is 6.67. The fourth-order valence-electron chi connectivity index (χ4n) is 2.24. The summed E-state index contributed by atoms with van der Waals surface area (Å²) < 4.78 is 5.35. The van der Waals surface area contributed by atoms with Crippen LogP contribution in [0.15, 0.2) is 30.3 Å². The maximum absolute atomic E-state index is 12.0. The molecule has 1 aromatic rings. The van der Waals surface area contributed by atoms with Gasteiger partial charge in [-0.1, -0.05) is 30.3 Å². The molecule has 1 aromatic carbocycles. The largest absolute Gasteiger partial charge is 0.445 e. The highest BCUT2D eigenvalue weighted by Crippen LogP contribution is 2.11. The molecule has 0 aromatic heterocycles. The van der Waals surface area contributed by atoms with Crippen LogP contribution in [0.25, 0.3) is 0 Å². The van der Waals surface area contributed by atoms with Gasteiger partial charge in [0, 0.05) is 19.1 Å². The molecule has 1 amide bonds. The van der Waals surface area contributed by atoms with Crippen LogP contribution < -0.4 is 5.32 Å². The van der Waals surface area contributed by atoms with E-state index < -0.39 is 0 Å². The van der Waals surface area contributed by atoms with E-state index in [0.717, 1.165) is 25.1 Å². The van der Waals surface area contributed by atoms with Crippen molar-refractivity contribution in [1.29, 1.82) is 0 Å². The average molecular weight is 285 g/mol. The first-order valence-corrected chi connectivity index (χ1v) is 6.49. The standard InChI is InChI=1S/C14H20N2O2.ClH/c1-2-16(13-8-9-15-10-13)14(17)18-11-12-6-4-3-5-7-12;/h3-7,13,15H,2,8-11H2,1H3;1H. The van der Waals surface area contributed by atoms with Gasteiger partial charge in [0.15, 0.2) is 0 Å². The van der Waals surface area contributed by atoms with Gasteiger partial charge in [-0.15, -0.1) is 12.4 Å². The number of hydrogen-bond acceptors (Lipinski definition) is 3. The van der Waals surface area contributed by atoms with Gasteiger partial charge in [0.05, 0.1) is 0 Å². The van der Waals surface area contributed by atoms with Gasteiger partial charge < -0.3 is 15.0 Å². The Morgan fingerprint density at radius 1 is 1.42 bits per heavy atom. The van der Waals surface area contributed by atoms with E-state index in [1.54, 1.807) is 0 Å². The number of hydrogen-bond donors (Lipinski definition) is 1. The Morgan fingerprint density at radius 3 is 2.74 bits per heavy atom. The van der Waals surface area contributed by atoms with Crippen molar-refractivity contribution in [2.24, 2.45) is 0 Å². The molecule has 19 heavy (non-hydrogen) atoms. The number of nitrogens with zero attached hydrogens (tertiary/aromatic N) is 1. The Labute approximate surface area is 120 Å². The molecule has 1 saturated heterocycles. The molecule has 106 valence electrons. The first-order chi connectivity index (χ1) is 8.81. The van der Waals surface area contributed by atoms with Crippen molar-refractivity contribution in [3.8, 4) is 0 Å². The molecular formula is C14H21ClN2O2. The molecule has 0 aliphatic carbocycles. The summed E-state index contributed by atoms with van der Waals surface area (Å²) in [5.41, 5.74) is 1.02. The summed E-state index contributed by atoms with van der Waals surface area (Å²) in [4.78, 5) is 13.8. The summed E-state index contributed by atoms with van der Waals surface area (Å²) in [7, 11) is 0. The molecule has 1 heterocycles. The van der Waals surface area contributed by atoms with E-state index >= 15 is 0 Å². The summed E-state index contributed by atoms with van der Waals surface area (Å²) >= 11 is 0. The van der Waals surface area contributed by atoms with E-state index in [1.807, 2.05) is 42.2 Å². The van der Waals surface area contributed by atoms with Crippen molar-refractivity contribution < 1.29 is 9.53 Å². The lowest BCUT2D eigenvalue weighted by Crippen LogP contribution is -2.41. The highest BCUT2D eigenvalue weighted by molar-refractivity contribution is 5.85. The van der Waals surface area contributed by atoms with Gasteiger partial charge in [0.25, 0.3) is 0 Å². The third-order valence-electron chi connectivity index (χ3n) is 3.26. The maximum atomic E-state index is 12.0. The van der Waals surface area contributed by atoms with Crippen LogP contribution in [0.1, 0.15) is 18.9 Å². The molecule has 1 unspecified atom stereocenters. The molecule has 5 heteroatoms. The van der Waals surface area contributed by atoms with Crippen LogP contribution in [0, 0.1) is 0 Å². The van der Waals surface area contributed by atoms with Crippen LogP contribution in [-0.4, -0.2) is 36.7 Å². The molecule has 1 aliphatic rings. The zero-order chi connectivity index (χ0) is 12.8. The van der Waals surface area contributed by atoms with Gasteiger partial charge in [-0.3, -0.25) is 0 Å². The molecule has 1 N–H and O–H groups in total. The van der Waals surface area contributed by atoms with Crippen molar-refractivity contribution in [2.45, 2.75) is 26.0 Å². The van der Waals surface area contributed by atoms with Crippen LogP contribution in [0.2, 0.25) is 0 Å². The lowest BCUT2D eigenvalue weighted by Gasteiger charge is -2.26. The number of ether oxygens (including phenoxy) is 1. The van der Waals surface area contributed by atoms with Crippen molar-refractivity contribution in [3.05, 3.63) is 35.9 Å². The predicted molar refractivity (Wildman–Crippen MR) is 77.5 cm³/mol. The quantitative estimate of drug-likeness (QED) is 0.923. The third-order valence-corrected chi connectivity index (χ3v) is 3.26. The van der Waals surface area contributed by atoms with Crippen molar-refractivity contribution in [2.75, 3.05) is 19.6 Å². The van der Waals surface area contributed by atoms with E-state index in [2.05, 4.69) is 5.32 Å². The topological polar surface area (TPSA) is 41.6 Å². The summed E-state index contributed by atoms with van der Waals surface area (Å²) in [6.45, 7) is 4.87. The van der Waals surface area contributed by atoms with E-state index in [1.165, 1.54) is 0 Å². The second kappa shape index (κ2) is 8.02. The third kappa shape index (κ3) is 4.40. The number of halogens is 1. The first-order valence-electron chi connectivity index (χ1n) is 6.49. The van der Waals surface area contributed by atoms with Crippen LogP contribution in [-0.2, 0) is 11.3 Å². The molecule has 0 saturated carbocycles. The maximum Gasteiger partial charge on any atom is 0.410 e. The number of nitrogens with one attached hydrogen (secondary N) is 1. The van der Waals surface area contributed by atoms with Crippen molar-refractivity contribution in [1.82, 2.24) is 10.2 Å². The SMILES string of the molecule is CCN(C(=O)OCc1ccccc1)C1CCNC1.Cl. The Hall–Kier alpha value is -1.26. The van der Waals surface area contributed by atoms with Crippen molar-refractivity contribution in [3.63, 3.8) is 0 Å². The molecule has 1 aliphatic heterocycles. The first kappa shape index (κ1) is 15.8. The number of benzene rings is 1. The summed E-state index contributed by atoms with van der Waals surface area (Å²) in [6, 6.07) is 10.0. The predicted octanol–water partition coefficient (Wildman–Crippen LogP) is 2.43. The second-order valence-corrected chi connectivity index (χ2v) is 4.47. The monoisotopic (exact) mass is 284 g/mol. The number of likely N-dealkylation sites (N-methyl/N-ethyl adjacent to an activating group) is 1. The highest BCUT2D eigenvalue weighted by atomic mass is 35.5.